The van der Waals surface area contributed by atoms with Crippen LogP contribution in [0.3, 0.4) is 0 Å². The summed E-state index contributed by atoms with van der Waals surface area (Å²) in [4.78, 5) is 11.9. The summed E-state index contributed by atoms with van der Waals surface area (Å²) in [6.07, 6.45) is 3.11. The molecule has 2 aromatic rings. The van der Waals surface area contributed by atoms with Gasteiger partial charge in [0.15, 0.2) is 11.6 Å². The molecule has 1 amide bonds. The molecule has 0 spiro atoms. The average Bonchev–Trinajstić information content (AvgIpc) is 2.65. The molecule has 1 aliphatic rings. The Hall–Kier alpha value is -2.20. The topological polar surface area (TPSA) is 29.1 Å². The molecule has 0 unspecified atom stereocenters. The lowest BCUT2D eigenvalue weighted by molar-refractivity contribution is -0.118. The van der Waals surface area contributed by atoms with E-state index in [1.165, 1.54) is 0 Å². The number of nitrogens with one attached hydrogen (secondary N) is 1. The molecule has 1 heterocycles. The van der Waals surface area contributed by atoms with E-state index in [1.807, 2.05) is 13.8 Å². The van der Waals surface area contributed by atoms with Crippen LogP contribution in [0, 0.1) is 18.6 Å². The van der Waals surface area contributed by atoms with Crippen molar-refractivity contribution in [3.05, 3.63) is 63.7 Å². The summed E-state index contributed by atoms with van der Waals surface area (Å²) in [6, 6.07) is 7.70. The SMILES string of the molecule is CC.Cc1c(/C=C2\CCCNC2=O)cc(F)c(F)c1-c1ccc(Cl)cc1. The second-order valence-corrected chi connectivity index (χ2v) is 6.23. The van der Waals surface area contributed by atoms with Crippen molar-refractivity contribution in [2.45, 2.75) is 33.6 Å². The molecular formula is C21H22ClF2NO. The number of carbonyl (C=O) groups excluding carboxylic acids is 1. The lowest BCUT2D eigenvalue weighted by Gasteiger charge is -2.16. The first kappa shape index (κ1) is 20.1. The van der Waals surface area contributed by atoms with E-state index in [0.717, 1.165) is 12.5 Å². The number of halogens is 3. The van der Waals surface area contributed by atoms with Crippen molar-refractivity contribution in [3.8, 4) is 11.1 Å². The third-order valence-corrected chi connectivity index (χ3v) is 4.43. The molecule has 1 N–H and O–H groups in total. The maximum Gasteiger partial charge on any atom is 0.247 e. The zero-order valence-corrected chi connectivity index (χ0v) is 15.9. The summed E-state index contributed by atoms with van der Waals surface area (Å²) < 4.78 is 28.5. The standard InChI is InChI=1S/C19H16ClF2NO.C2H6/c1-11-14(9-13-3-2-8-23-19(13)24)10-16(21)18(22)17(11)12-4-6-15(20)7-5-12;1-2/h4-7,9-10H,2-3,8H2,1H3,(H,23,24);1-2H3/b13-9+;. The fourth-order valence-electron chi connectivity index (χ4n) is 2.88. The van der Waals surface area contributed by atoms with E-state index >= 15 is 0 Å². The second-order valence-electron chi connectivity index (χ2n) is 5.80. The third kappa shape index (κ3) is 4.31. The summed E-state index contributed by atoms with van der Waals surface area (Å²) in [6.45, 7) is 6.36. The number of rotatable bonds is 2. The van der Waals surface area contributed by atoms with Gasteiger partial charge in [0, 0.05) is 22.7 Å². The van der Waals surface area contributed by atoms with Crippen LogP contribution in [-0.4, -0.2) is 12.5 Å². The Morgan fingerprint density at radius 1 is 1.15 bits per heavy atom. The van der Waals surface area contributed by atoms with Gasteiger partial charge in [-0.15, -0.1) is 0 Å². The predicted molar refractivity (Wildman–Crippen MR) is 103 cm³/mol. The Labute approximate surface area is 157 Å². The van der Waals surface area contributed by atoms with Crippen LogP contribution in [-0.2, 0) is 4.79 Å². The fourth-order valence-corrected chi connectivity index (χ4v) is 3.01. The molecule has 138 valence electrons. The van der Waals surface area contributed by atoms with Crippen LogP contribution in [0.2, 0.25) is 5.02 Å². The molecule has 0 atom stereocenters. The van der Waals surface area contributed by atoms with Gasteiger partial charge in [-0.25, -0.2) is 8.78 Å². The van der Waals surface area contributed by atoms with Crippen LogP contribution in [0.1, 0.15) is 37.8 Å². The van der Waals surface area contributed by atoms with Crippen molar-refractivity contribution in [3.63, 3.8) is 0 Å². The number of hydrogen-bond acceptors (Lipinski definition) is 1. The molecule has 2 aromatic carbocycles. The Bertz CT molecular complexity index is 829. The highest BCUT2D eigenvalue weighted by Gasteiger charge is 2.19. The van der Waals surface area contributed by atoms with Crippen molar-refractivity contribution in [2.75, 3.05) is 6.54 Å². The van der Waals surface area contributed by atoms with Crippen molar-refractivity contribution >= 4 is 23.6 Å². The van der Waals surface area contributed by atoms with Gasteiger partial charge in [-0.05, 0) is 60.7 Å². The van der Waals surface area contributed by atoms with E-state index in [1.54, 1.807) is 37.3 Å². The monoisotopic (exact) mass is 377 g/mol. The fraction of sp³-hybridized carbons (Fsp3) is 0.286. The number of benzene rings is 2. The van der Waals surface area contributed by atoms with E-state index in [-0.39, 0.29) is 11.5 Å². The van der Waals surface area contributed by atoms with E-state index in [0.29, 0.717) is 40.3 Å². The van der Waals surface area contributed by atoms with Crippen LogP contribution in [0.4, 0.5) is 8.78 Å². The summed E-state index contributed by atoms with van der Waals surface area (Å²) in [7, 11) is 0. The smallest absolute Gasteiger partial charge is 0.247 e. The van der Waals surface area contributed by atoms with Gasteiger partial charge in [0.1, 0.15) is 0 Å². The molecule has 0 bridgehead atoms. The average molecular weight is 378 g/mol. The largest absolute Gasteiger partial charge is 0.352 e. The maximum atomic E-state index is 14.4. The third-order valence-electron chi connectivity index (χ3n) is 4.18. The van der Waals surface area contributed by atoms with Crippen molar-refractivity contribution in [1.82, 2.24) is 5.32 Å². The Balaban J connectivity index is 0.00000117. The Morgan fingerprint density at radius 2 is 1.81 bits per heavy atom. The summed E-state index contributed by atoms with van der Waals surface area (Å²) in [5, 5.41) is 3.28. The van der Waals surface area contributed by atoms with E-state index < -0.39 is 11.6 Å². The van der Waals surface area contributed by atoms with E-state index in [9.17, 15) is 13.6 Å². The number of carbonyl (C=O) groups is 1. The van der Waals surface area contributed by atoms with Gasteiger partial charge in [-0.1, -0.05) is 37.6 Å². The molecule has 0 aliphatic carbocycles. The first-order valence-electron chi connectivity index (χ1n) is 8.70. The molecule has 5 heteroatoms. The number of piperidine rings is 1. The van der Waals surface area contributed by atoms with E-state index in [2.05, 4.69) is 5.32 Å². The van der Waals surface area contributed by atoms with Crippen molar-refractivity contribution < 1.29 is 13.6 Å². The van der Waals surface area contributed by atoms with Gasteiger partial charge in [0.25, 0.3) is 0 Å². The minimum Gasteiger partial charge on any atom is -0.352 e. The van der Waals surface area contributed by atoms with Gasteiger partial charge in [-0.2, -0.15) is 0 Å². The lowest BCUT2D eigenvalue weighted by atomic mass is 9.93. The second kappa shape index (κ2) is 8.95. The van der Waals surface area contributed by atoms with Crippen LogP contribution >= 0.6 is 11.6 Å². The molecule has 0 radical (unpaired) electrons. The van der Waals surface area contributed by atoms with Gasteiger partial charge >= 0.3 is 0 Å². The van der Waals surface area contributed by atoms with Crippen LogP contribution in [0.25, 0.3) is 17.2 Å². The number of amides is 1. The molecule has 26 heavy (non-hydrogen) atoms. The highest BCUT2D eigenvalue weighted by molar-refractivity contribution is 6.30. The quantitative estimate of drug-likeness (QED) is 0.647. The van der Waals surface area contributed by atoms with Gasteiger partial charge in [0.2, 0.25) is 5.91 Å². The van der Waals surface area contributed by atoms with E-state index in [4.69, 9.17) is 11.6 Å². The van der Waals surface area contributed by atoms with Crippen LogP contribution in [0.15, 0.2) is 35.9 Å². The van der Waals surface area contributed by atoms with Gasteiger partial charge in [0.05, 0.1) is 0 Å². The highest BCUT2D eigenvalue weighted by Crippen LogP contribution is 2.33. The summed E-state index contributed by atoms with van der Waals surface area (Å²) in [5.74, 6) is -1.99. The molecule has 2 nitrogen and oxygen atoms in total. The molecule has 3 rings (SSSR count). The summed E-state index contributed by atoms with van der Waals surface area (Å²) >= 11 is 5.86. The number of hydrogen-bond donors (Lipinski definition) is 1. The zero-order chi connectivity index (χ0) is 19.3. The molecule has 1 fully saturated rings. The first-order chi connectivity index (χ1) is 12.5. The van der Waals surface area contributed by atoms with Gasteiger partial charge in [-0.3, -0.25) is 4.79 Å². The molecule has 0 saturated carbocycles. The van der Waals surface area contributed by atoms with Crippen molar-refractivity contribution in [1.29, 1.82) is 0 Å². The van der Waals surface area contributed by atoms with Gasteiger partial charge < -0.3 is 5.32 Å². The zero-order valence-electron chi connectivity index (χ0n) is 15.1. The highest BCUT2D eigenvalue weighted by atomic mass is 35.5. The first-order valence-corrected chi connectivity index (χ1v) is 9.08. The van der Waals surface area contributed by atoms with Crippen molar-refractivity contribution in [2.24, 2.45) is 0 Å². The lowest BCUT2D eigenvalue weighted by Crippen LogP contribution is -2.30. The van der Waals surface area contributed by atoms with Crippen LogP contribution < -0.4 is 5.32 Å². The predicted octanol–water partition coefficient (Wildman–Crippen LogP) is 5.91. The molecule has 0 aromatic heterocycles. The molecule has 1 aliphatic heterocycles. The molecular weight excluding hydrogens is 356 g/mol. The minimum atomic E-state index is -0.936. The Morgan fingerprint density at radius 3 is 2.42 bits per heavy atom. The maximum absolute atomic E-state index is 14.4. The van der Waals surface area contributed by atoms with Crippen LogP contribution in [0.5, 0.6) is 0 Å². The minimum absolute atomic E-state index is 0.154. The molecule has 1 saturated heterocycles. The summed E-state index contributed by atoms with van der Waals surface area (Å²) in [5.41, 5.74) is 2.40. The Kier molecular flexibility index (Phi) is 6.92. The normalized spacial score (nSPS) is 15.3.